The number of nitrogens with zero attached hydrogens (tertiary/aromatic N) is 1. The minimum absolute atomic E-state index is 0.0679. The lowest BCUT2D eigenvalue weighted by atomic mass is 10.2. The van der Waals surface area contributed by atoms with Gasteiger partial charge < -0.3 is 5.32 Å². The molecule has 21 heavy (non-hydrogen) atoms. The van der Waals surface area contributed by atoms with Gasteiger partial charge in [-0.2, -0.15) is 0 Å². The Hall–Kier alpha value is -2.34. The van der Waals surface area contributed by atoms with Crippen LogP contribution in [-0.2, 0) is 0 Å². The molecule has 0 bridgehead atoms. The van der Waals surface area contributed by atoms with E-state index in [1.54, 1.807) is 12.1 Å². The van der Waals surface area contributed by atoms with E-state index in [2.05, 4.69) is 5.32 Å². The van der Waals surface area contributed by atoms with E-state index >= 15 is 0 Å². The van der Waals surface area contributed by atoms with E-state index in [1.165, 1.54) is 24.9 Å². The number of hydrogen-bond acceptors (Lipinski definition) is 4. The molecule has 0 unspecified atom stereocenters. The lowest BCUT2D eigenvalue weighted by Crippen LogP contribution is -2.17. The normalized spacial score (nSPS) is 10.2. The van der Waals surface area contributed by atoms with Crippen LogP contribution in [0, 0.1) is 17.0 Å². The molecule has 108 valence electrons. The van der Waals surface area contributed by atoms with Crippen LogP contribution in [0.25, 0.3) is 0 Å². The van der Waals surface area contributed by atoms with Gasteiger partial charge in [-0.25, -0.2) is 0 Å². The average molecular weight is 302 g/mol. The third-order valence-electron chi connectivity index (χ3n) is 2.89. The van der Waals surface area contributed by atoms with Crippen molar-refractivity contribution in [3.8, 4) is 0 Å². The van der Waals surface area contributed by atoms with Gasteiger partial charge in [0.2, 0.25) is 0 Å². The van der Waals surface area contributed by atoms with Gasteiger partial charge >= 0.3 is 0 Å². The second-order valence-corrected chi connectivity index (χ2v) is 5.55. The van der Waals surface area contributed by atoms with Crippen LogP contribution in [0.15, 0.2) is 52.3 Å². The Balaban J connectivity index is 2.36. The number of benzene rings is 2. The second kappa shape index (κ2) is 6.41. The van der Waals surface area contributed by atoms with Crippen LogP contribution < -0.4 is 5.32 Å². The van der Waals surface area contributed by atoms with Crippen LogP contribution in [0.2, 0.25) is 0 Å². The van der Waals surface area contributed by atoms with E-state index in [0.29, 0.717) is 4.90 Å². The smallest absolute Gasteiger partial charge is 0.284 e. The van der Waals surface area contributed by atoms with Crippen molar-refractivity contribution in [3.63, 3.8) is 0 Å². The number of rotatable bonds is 4. The molecule has 6 heteroatoms. The van der Waals surface area contributed by atoms with Crippen LogP contribution in [0.1, 0.15) is 15.9 Å². The first-order chi connectivity index (χ1) is 10.0. The number of hydrogen-bond donors (Lipinski definition) is 1. The van der Waals surface area contributed by atoms with Crippen molar-refractivity contribution in [1.82, 2.24) is 5.32 Å². The summed E-state index contributed by atoms with van der Waals surface area (Å²) in [6, 6.07) is 12.2. The molecule has 0 heterocycles. The lowest BCUT2D eigenvalue weighted by Gasteiger charge is -2.05. The summed E-state index contributed by atoms with van der Waals surface area (Å²) in [7, 11) is 1.49. The number of nitrogens with one attached hydrogen (secondary N) is 1. The molecular formula is C15H14N2O3S. The molecule has 1 amide bonds. The molecule has 0 aliphatic carbocycles. The minimum Gasteiger partial charge on any atom is -0.355 e. The predicted octanol–water partition coefficient (Wildman–Crippen LogP) is 3.41. The number of carbonyl (C=O) groups is 1. The van der Waals surface area contributed by atoms with Crippen molar-refractivity contribution in [2.75, 3.05) is 7.05 Å². The molecule has 0 atom stereocenters. The van der Waals surface area contributed by atoms with Gasteiger partial charge in [0.15, 0.2) is 0 Å². The van der Waals surface area contributed by atoms with E-state index in [4.69, 9.17) is 0 Å². The minimum atomic E-state index is -0.469. The number of aryl methyl sites for hydroxylation is 1. The molecule has 0 aromatic heterocycles. The van der Waals surface area contributed by atoms with Crippen molar-refractivity contribution in [3.05, 3.63) is 63.7 Å². The fourth-order valence-corrected chi connectivity index (χ4v) is 2.67. The fraction of sp³-hybridized carbons (Fsp3) is 0.133. The number of nitro benzene ring substituents is 1. The first kappa shape index (κ1) is 15.1. The van der Waals surface area contributed by atoms with Crippen molar-refractivity contribution < 1.29 is 9.72 Å². The Morgan fingerprint density at radius 2 is 1.86 bits per heavy atom. The zero-order chi connectivity index (χ0) is 15.4. The molecule has 2 rings (SSSR count). The van der Waals surface area contributed by atoms with Crippen molar-refractivity contribution in [2.45, 2.75) is 16.7 Å². The van der Waals surface area contributed by atoms with Crippen molar-refractivity contribution in [2.24, 2.45) is 0 Å². The molecule has 1 N–H and O–H groups in total. The second-order valence-electron chi connectivity index (χ2n) is 4.43. The summed E-state index contributed by atoms with van der Waals surface area (Å²) in [6.45, 7) is 1.98. The largest absolute Gasteiger partial charge is 0.355 e. The van der Waals surface area contributed by atoms with Gasteiger partial charge in [-0.3, -0.25) is 14.9 Å². The van der Waals surface area contributed by atoms with Crippen LogP contribution in [0.3, 0.4) is 0 Å². The molecule has 0 saturated carbocycles. The first-order valence-electron chi connectivity index (χ1n) is 6.26. The SMILES string of the molecule is CNC(=O)c1ccc(Sc2ccc(C)cc2)c([N+](=O)[O-])c1. The Morgan fingerprint density at radius 1 is 1.19 bits per heavy atom. The monoisotopic (exact) mass is 302 g/mol. The number of carbonyl (C=O) groups excluding carboxylic acids is 1. The van der Waals surface area contributed by atoms with Crippen LogP contribution >= 0.6 is 11.8 Å². The summed E-state index contributed by atoms with van der Waals surface area (Å²) in [5.74, 6) is -0.343. The van der Waals surface area contributed by atoms with Gasteiger partial charge in [0.1, 0.15) is 0 Å². The van der Waals surface area contributed by atoms with Gasteiger partial charge in [-0.05, 0) is 31.2 Å². The molecule has 0 saturated heterocycles. The molecule has 0 aliphatic rings. The summed E-state index contributed by atoms with van der Waals surface area (Å²) in [5.41, 5.74) is 1.34. The van der Waals surface area contributed by atoms with Gasteiger partial charge in [-0.15, -0.1) is 0 Å². The number of nitro groups is 1. The highest BCUT2D eigenvalue weighted by molar-refractivity contribution is 7.99. The zero-order valence-electron chi connectivity index (χ0n) is 11.6. The third-order valence-corrected chi connectivity index (χ3v) is 3.97. The zero-order valence-corrected chi connectivity index (χ0v) is 12.4. The molecule has 0 aliphatic heterocycles. The standard InChI is InChI=1S/C15H14N2O3S/c1-10-3-6-12(7-4-10)21-14-8-5-11(15(18)16-2)9-13(14)17(19)20/h3-9H,1-2H3,(H,16,18). The maximum absolute atomic E-state index is 11.6. The highest BCUT2D eigenvalue weighted by Crippen LogP contribution is 2.35. The van der Waals surface area contributed by atoms with Crippen LogP contribution in [0.5, 0.6) is 0 Å². The lowest BCUT2D eigenvalue weighted by molar-refractivity contribution is -0.387. The van der Waals surface area contributed by atoms with Gasteiger partial charge in [-0.1, -0.05) is 29.5 Å². The molecule has 0 fully saturated rings. The Kier molecular flexibility index (Phi) is 4.59. The Labute approximate surface area is 126 Å². The first-order valence-corrected chi connectivity index (χ1v) is 7.08. The highest BCUT2D eigenvalue weighted by atomic mass is 32.2. The van der Waals surface area contributed by atoms with Gasteiger partial charge in [0, 0.05) is 23.6 Å². The quantitative estimate of drug-likeness (QED) is 0.694. The summed E-state index contributed by atoms with van der Waals surface area (Å²) in [4.78, 5) is 23.7. The van der Waals surface area contributed by atoms with E-state index < -0.39 is 4.92 Å². The molecule has 2 aromatic rings. The summed E-state index contributed by atoms with van der Waals surface area (Å²) < 4.78 is 0. The van der Waals surface area contributed by atoms with Crippen LogP contribution in [0.4, 0.5) is 5.69 Å². The predicted molar refractivity (Wildman–Crippen MR) is 81.8 cm³/mol. The molecule has 0 radical (unpaired) electrons. The average Bonchev–Trinajstić information content (AvgIpc) is 2.49. The third kappa shape index (κ3) is 3.61. The molecule has 2 aromatic carbocycles. The highest BCUT2D eigenvalue weighted by Gasteiger charge is 2.18. The van der Waals surface area contributed by atoms with Gasteiger partial charge in [0.25, 0.3) is 11.6 Å². The summed E-state index contributed by atoms with van der Waals surface area (Å²) in [6.07, 6.45) is 0. The number of amides is 1. The van der Waals surface area contributed by atoms with E-state index in [1.807, 2.05) is 31.2 Å². The van der Waals surface area contributed by atoms with Crippen LogP contribution in [-0.4, -0.2) is 17.9 Å². The van der Waals surface area contributed by atoms with Crippen molar-refractivity contribution in [1.29, 1.82) is 0 Å². The maximum Gasteiger partial charge on any atom is 0.284 e. The molecule has 5 nitrogen and oxygen atoms in total. The fourth-order valence-electron chi connectivity index (χ4n) is 1.77. The molecule has 0 spiro atoms. The summed E-state index contributed by atoms with van der Waals surface area (Å²) >= 11 is 1.31. The Morgan fingerprint density at radius 3 is 2.43 bits per heavy atom. The van der Waals surface area contributed by atoms with Crippen molar-refractivity contribution >= 4 is 23.4 Å². The van der Waals surface area contributed by atoms with E-state index in [-0.39, 0.29) is 17.2 Å². The topological polar surface area (TPSA) is 72.2 Å². The molecular weight excluding hydrogens is 288 g/mol. The maximum atomic E-state index is 11.6. The van der Waals surface area contributed by atoms with Gasteiger partial charge in [0.05, 0.1) is 9.82 Å². The summed E-state index contributed by atoms with van der Waals surface area (Å²) in [5, 5.41) is 13.6. The Bertz CT molecular complexity index is 684. The van der Waals surface area contributed by atoms with E-state index in [0.717, 1.165) is 10.5 Å². The van der Waals surface area contributed by atoms with E-state index in [9.17, 15) is 14.9 Å².